The topological polar surface area (TPSA) is 78.1 Å². The molecule has 2 N–H and O–H groups in total. The van der Waals surface area contributed by atoms with E-state index in [1.165, 1.54) is 6.20 Å². The Hall–Kier alpha value is -1.85. The first-order valence-electron chi connectivity index (χ1n) is 6.66. The van der Waals surface area contributed by atoms with Gasteiger partial charge in [-0.25, -0.2) is 0 Å². The average molecular weight is 264 g/mol. The van der Waals surface area contributed by atoms with Gasteiger partial charge in [0.05, 0.1) is 11.8 Å². The summed E-state index contributed by atoms with van der Waals surface area (Å²) < 4.78 is 0. The second kappa shape index (κ2) is 5.86. The molecule has 1 aromatic rings. The minimum absolute atomic E-state index is 0.0390. The summed E-state index contributed by atoms with van der Waals surface area (Å²) in [5.74, 6) is 0.124. The smallest absolute Gasteiger partial charge is 0.254 e. The zero-order valence-corrected chi connectivity index (χ0v) is 11.3. The Bertz CT molecular complexity index is 434. The molecule has 2 heterocycles. The van der Waals surface area contributed by atoms with Crippen molar-refractivity contribution in [2.75, 3.05) is 13.1 Å². The number of rotatable bonds is 3. The summed E-state index contributed by atoms with van der Waals surface area (Å²) in [6.45, 7) is 5.25. The van der Waals surface area contributed by atoms with Gasteiger partial charge in [0.1, 0.15) is 0 Å². The van der Waals surface area contributed by atoms with Crippen LogP contribution in [0.4, 0.5) is 0 Å². The molecule has 2 amide bonds. The van der Waals surface area contributed by atoms with Gasteiger partial charge < -0.3 is 10.2 Å². The highest BCUT2D eigenvalue weighted by Gasteiger charge is 2.25. The number of likely N-dealkylation sites (tertiary alicyclic amines) is 1. The molecule has 0 spiro atoms. The summed E-state index contributed by atoms with van der Waals surface area (Å²) in [6, 6.07) is 0.138. The van der Waals surface area contributed by atoms with E-state index in [1.807, 2.05) is 18.7 Å². The highest BCUT2D eigenvalue weighted by molar-refractivity contribution is 5.93. The second-order valence-corrected chi connectivity index (χ2v) is 5.21. The summed E-state index contributed by atoms with van der Waals surface area (Å²) in [7, 11) is 0. The van der Waals surface area contributed by atoms with E-state index in [9.17, 15) is 9.59 Å². The Morgan fingerprint density at radius 1 is 1.42 bits per heavy atom. The maximum atomic E-state index is 11.8. The molecule has 0 bridgehead atoms. The lowest BCUT2D eigenvalue weighted by molar-refractivity contribution is -0.135. The summed E-state index contributed by atoms with van der Waals surface area (Å²) in [5, 5.41) is 9.34. The molecule has 0 aliphatic carbocycles. The lowest BCUT2D eigenvalue weighted by Crippen LogP contribution is -2.47. The van der Waals surface area contributed by atoms with Gasteiger partial charge in [-0.05, 0) is 12.8 Å². The van der Waals surface area contributed by atoms with Crippen molar-refractivity contribution in [1.29, 1.82) is 0 Å². The van der Waals surface area contributed by atoms with Gasteiger partial charge in [-0.3, -0.25) is 14.7 Å². The number of carbonyl (C=O) groups excluding carboxylic acids is 2. The number of nitrogens with one attached hydrogen (secondary N) is 2. The lowest BCUT2D eigenvalue weighted by Gasteiger charge is -2.33. The van der Waals surface area contributed by atoms with Gasteiger partial charge in [0.25, 0.3) is 5.91 Å². The van der Waals surface area contributed by atoms with Crippen LogP contribution in [0.2, 0.25) is 0 Å². The molecule has 0 aromatic carbocycles. The number of hydrogen-bond donors (Lipinski definition) is 2. The third kappa shape index (κ3) is 3.33. The summed E-state index contributed by atoms with van der Waals surface area (Å²) in [4.78, 5) is 25.6. The molecule has 1 aliphatic rings. The molecule has 1 saturated heterocycles. The summed E-state index contributed by atoms with van der Waals surface area (Å²) in [6.07, 6.45) is 4.70. The van der Waals surface area contributed by atoms with Crippen LogP contribution in [0.1, 0.15) is 37.0 Å². The molecule has 104 valence electrons. The molecule has 0 atom stereocenters. The minimum Gasteiger partial charge on any atom is -0.349 e. The van der Waals surface area contributed by atoms with E-state index in [1.54, 1.807) is 6.20 Å². The van der Waals surface area contributed by atoms with Crippen molar-refractivity contribution in [3.63, 3.8) is 0 Å². The third-order valence-electron chi connectivity index (χ3n) is 3.40. The van der Waals surface area contributed by atoms with Crippen LogP contribution in [0.25, 0.3) is 0 Å². The van der Waals surface area contributed by atoms with Crippen molar-refractivity contribution < 1.29 is 9.59 Å². The normalized spacial score (nSPS) is 16.7. The summed E-state index contributed by atoms with van der Waals surface area (Å²) in [5.41, 5.74) is 0.542. The molecule has 1 fully saturated rings. The van der Waals surface area contributed by atoms with E-state index in [-0.39, 0.29) is 23.8 Å². The predicted octanol–water partition coefficient (Wildman–Crippen LogP) is 0.786. The maximum absolute atomic E-state index is 11.8. The predicted molar refractivity (Wildman–Crippen MR) is 70.5 cm³/mol. The van der Waals surface area contributed by atoms with Crippen LogP contribution in [0.3, 0.4) is 0 Å². The van der Waals surface area contributed by atoms with Crippen LogP contribution in [0, 0.1) is 5.92 Å². The van der Waals surface area contributed by atoms with Gasteiger partial charge in [-0.2, -0.15) is 5.10 Å². The Labute approximate surface area is 112 Å². The molecule has 19 heavy (non-hydrogen) atoms. The van der Waals surface area contributed by atoms with E-state index < -0.39 is 0 Å². The largest absolute Gasteiger partial charge is 0.349 e. The highest BCUT2D eigenvalue weighted by atomic mass is 16.2. The number of hydrogen-bond acceptors (Lipinski definition) is 3. The molecule has 6 nitrogen and oxygen atoms in total. The number of piperidine rings is 1. The third-order valence-corrected chi connectivity index (χ3v) is 3.40. The molecule has 1 aliphatic heterocycles. The van der Waals surface area contributed by atoms with Crippen molar-refractivity contribution in [2.45, 2.75) is 32.7 Å². The number of amides is 2. The molecule has 1 aromatic heterocycles. The first-order chi connectivity index (χ1) is 9.08. The Balaban J connectivity index is 1.81. The van der Waals surface area contributed by atoms with E-state index in [0.29, 0.717) is 18.7 Å². The van der Waals surface area contributed by atoms with Gasteiger partial charge in [0, 0.05) is 31.2 Å². The van der Waals surface area contributed by atoms with Crippen molar-refractivity contribution in [2.24, 2.45) is 5.92 Å². The molecule has 0 saturated carbocycles. The van der Waals surface area contributed by atoms with Crippen LogP contribution in [-0.2, 0) is 4.79 Å². The minimum atomic E-state index is -0.109. The molecular weight excluding hydrogens is 244 g/mol. The van der Waals surface area contributed by atoms with Gasteiger partial charge in [-0.15, -0.1) is 0 Å². The van der Waals surface area contributed by atoms with Crippen LogP contribution in [0.15, 0.2) is 12.4 Å². The fraction of sp³-hybridized carbons (Fsp3) is 0.615. The fourth-order valence-electron chi connectivity index (χ4n) is 2.25. The monoisotopic (exact) mass is 264 g/mol. The number of carbonyl (C=O) groups is 2. The molecule has 0 radical (unpaired) electrons. The van der Waals surface area contributed by atoms with Crippen molar-refractivity contribution in [3.05, 3.63) is 18.0 Å². The van der Waals surface area contributed by atoms with E-state index >= 15 is 0 Å². The Morgan fingerprint density at radius 3 is 2.63 bits per heavy atom. The zero-order chi connectivity index (χ0) is 13.8. The van der Waals surface area contributed by atoms with E-state index in [0.717, 1.165) is 12.8 Å². The van der Waals surface area contributed by atoms with E-state index in [4.69, 9.17) is 0 Å². The van der Waals surface area contributed by atoms with Crippen LogP contribution in [-0.4, -0.2) is 46.0 Å². The van der Waals surface area contributed by atoms with E-state index in [2.05, 4.69) is 15.5 Å². The van der Waals surface area contributed by atoms with Gasteiger partial charge in [0.2, 0.25) is 5.91 Å². The molecule has 2 rings (SSSR count). The van der Waals surface area contributed by atoms with Gasteiger partial charge in [0.15, 0.2) is 0 Å². The number of H-pyrrole nitrogens is 1. The van der Waals surface area contributed by atoms with Gasteiger partial charge >= 0.3 is 0 Å². The first-order valence-corrected chi connectivity index (χ1v) is 6.66. The van der Waals surface area contributed by atoms with Crippen LogP contribution in [0.5, 0.6) is 0 Å². The quantitative estimate of drug-likeness (QED) is 0.847. The second-order valence-electron chi connectivity index (χ2n) is 5.21. The standard InChI is InChI=1S/C13H20N4O2/c1-9(2)13(19)17-5-3-11(4-6-17)16-12(18)10-7-14-15-8-10/h7-9,11H,3-6H2,1-2H3,(H,14,15)(H,16,18). The Kier molecular flexibility index (Phi) is 4.19. The fourth-order valence-corrected chi connectivity index (χ4v) is 2.25. The van der Waals surface area contributed by atoms with Crippen molar-refractivity contribution in [1.82, 2.24) is 20.4 Å². The van der Waals surface area contributed by atoms with Crippen molar-refractivity contribution >= 4 is 11.8 Å². The summed E-state index contributed by atoms with van der Waals surface area (Å²) >= 11 is 0. The molecular formula is C13H20N4O2. The average Bonchev–Trinajstić information content (AvgIpc) is 2.92. The van der Waals surface area contributed by atoms with Crippen molar-refractivity contribution in [3.8, 4) is 0 Å². The van der Waals surface area contributed by atoms with Gasteiger partial charge in [-0.1, -0.05) is 13.8 Å². The molecule has 0 unspecified atom stereocenters. The number of aromatic amines is 1. The highest BCUT2D eigenvalue weighted by Crippen LogP contribution is 2.13. The maximum Gasteiger partial charge on any atom is 0.254 e. The number of aromatic nitrogens is 2. The number of nitrogens with zero attached hydrogens (tertiary/aromatic N) is 2. The molecule has 6 heteroatoms. The lowest BCUT2D eigenvalue weighted by atomic mass is 10.0. The van der Waals surface area contributed by atoms with Crippen LogP contribution < -0.4 is 5.32 Å². The Morgan fingerprint density at radius 2 is 2.11 bits per heavy atom. The van der Waals surface area contributed by atoms with Crippen LogP contribution >= 0.6 is 0 Å². The zero-order valence-electron chi connectivity index (χ0n) is 11.3. The SMILES string of the molecule is CC(C)C(=O)N1CCC(NC(=O)c2cn[nH]c2)CC1. The first kappa shape index (κ1) is 13.6.